The van der Waals surface area contributed by atoms with E-state index in [0.29, 0.717) is 17.3 Å². The number of likely N-dealkylation sites (N-methyl/N-ethyl adjacent to an activating group) is 1. The standard InChI is InChI=1S/C17H17N5O2S/c1-22(9-13(23)24)16-14-10-4-2-3-5-12(10)25-17(14)21-15(20-16)11-8-18-6-7-19-11/h6-8H,2-5,9H2,1H3,(H,23,24). The van der Waals surface area contributed by atoms with Crippen LogP contribution in [0.25, 0.3) is 21.7 Å². The summed E-state index contributed by atoms with van der Waals surface area (Å²) in [4.78, 5) is 32.8. The third-order valence-corrected chi connectivity index (χ3v) is 5.51. The average molecular weight is 355 g/mol. The minimum Gasteiger partial charge on any atom is -0.480 e. The van der Waals surface area contributed by atoms with Crippen LogP contribution in [0.1, 0.15) is 23.3 Å². The number of aliphatic carboxylic acids is 1. The van der Waals surface area contributed by atoms with Crippen molar-refractivity contribution >= 4 is 33.3 Å². The Hall–Kier alpha value is -2.61. The van der Waals surface area contributed by atoms with Gasteiger partial charge in [0.1, 0.15) is 22.9 Å². The zero-order valence-corrected chi connectivity index (χ0v) is 14.6. The van der Waals surface area contributed by atoms with Crippen LogP contribution in [0.4, 0.5) is 5.82 Å². The Morgan fingerprint density at radius 3 is 2.88 bits per heavy atom. The maximum absolute atomic E-state index is 11.2. The van der Waals surface area contributed by atoms with E-state index in [0.717, 1.165) is 29.5 Å². The van der Waals surface area contributed by atoms with Gasteiger partial charge in [0.15, 0.2) is 5.82 Å². The normalized spacial score (nSPS) is 13.6. The number of hydrogen-bond donors (Lipinski definition) is 1. The van der Waals surface area contributed by atoms with E-state index in [9.17, 15) is 9.90 Å². The molecule has 0 spiro atoms. The van der Waals surface area contributed by atoms with Crippen molar-refractivity contribution < 1.29 is 9.90 Å². The van der Waals surface area contributed by atoms with Crippen LogP contribution in [0.3, 0.4) is 0 Å². The fourth-order valence-corrected chi connectivity index (χ4v) is 4.48. The van der Waals surface area contributed by atoms with Gasteiger partial charge >= 0.3 is 5.97 Å². The van der Waals surface area contributed by atoms with Crippen LogP contribution < -0.4 is 4.90 Å². The highest BCUT2D eigenvalue weighted by atomic mass is 32.1. The summed E-state index contributed by atoms with van der Waals surface area (Å²) in [6, 6.07) is 0. The molecule has 3 aromatic rings. The first-order valence-corrected chi connectivity index (χ1v) is 8.96. The number of nitrogens with zero attached hydrogens (tertiary/aromatic N) is 5. The van der Waals surface area contributed by atoms with E-state index in [1.807, 2.05) is 0 Å². The number of carboxylic acid groups (broad SMARTS) is 1. The number of fused-ring (bicyclic) bond motifs is 3. The van der Waals surface area contributed by atoms with Gasteiger partial charge in [-0.1, -0.05) is 0 Å². The zero-order chi connectivity index (χ0) is 17.4. The summed E-state index contributed by atoms with van der Waals surface area (Å²) in [6.45, 7) is -0.114. The second-order valence-electron chi connectivity index (χ2n) is 6.10. The molecule has 25 heavy (non-hydrogen) atoms. The Labute approximate surface area is 148 Å². The molecule has 0 fully saturated rings. The maximum Gasteiger partial charge on any atom is 0.323 e. The van der Waals surface area contributed by atoms with Crippen LogP contribution in [0.2, 0.25) is 0 Å². The quantitative estimate of drug-likeness (QED) is 0.769. The molecule has 128 valence electrons. The van der Waals surface area contributed by atoms with Crippen molar-refractivity contribution in [2.24, 2.45) is 0 Å². The first-order chi connectivity index (χ1) is 12.1. The number of aryl methyl sites for hydroxylation is 2. The molecule has 4 rings (SSSR count). The summed E-state index contributed by atoms with van der Waals surface area (Å²) < 4.78 is 0. The van der Waals surface area contributed by atoms with E-state index >= 15 is 0 Å². The van der Waals surface area contributed by atoms with Crippen molar-refractivity contribution in [1.82, 2.24) is 19.9 Å². The lowest BCUT2D eigenvalue weighted by atomic mass is 9.97. The second kappa shape index (κ2) is 6.36. The topological polar surface area (TPSA) is 92.1 Å². The number of rotatable bonds is 4. The lowest BCUT2D eigenvalue weighted by molar-refractivity contribution is -0.135. The number of aromatic nitrogens is 4. The second-order valence-corrected chi connectivity index (χ2v) is 7.19. The molecule has 0 radical (unpaired) electrons. The molecule has 7 nitrogen and oxygen atoms in total. The van der Waals surface area contributed by atoms with E-state index in [4.69, 9.17) is 4.98 Å². The summed E-state index contributed by atoms with van der Waals surface area (Å²) in [7, 11) is 1.75. The molecule has 1 aliphatic carbocycles. The summed E-state index contributed by atoms with van der Waals surface area (Å²) in [6.07, 6.45) is 9.20. The van der Waals surface area contributed by atoms with E-state index in [1.165, 1.54) is 16.9 Å². The van der Waals surface area contributed by atoms with Crippen molar-refractivity contribution in [3.05, 3.63) is 29.0 Å². The van der Waals surface area contributed by atoms with Crippen LogP contribution in [-0.2, 0) is 17.6 Å². The molecule has 0 saturated carbocycles. The molecular formula is C17H17N5O2S. The molecule has 1 aliphatic rings. The number of carboxylic acids is 1. The highest BCUT2D eigenvalue weighted by Crippen LogP contribution is 2.40. The first-order valence-electron chi connectivity index (χ1n) is 8.15. The van der Waals surface area contributed by atoms with Crippen LogP contribution >= 0.6 is 11.3 Å². The molecule has 0 atom stereocenters. The van der Waals surface area contributed by atoms with E-state index in [-0.39, 0.29) is 6.54 Å². The summed E-state index contributed by atoms with van der Waals surface area (Å²) in [5.41, 5.74) is 1.87. The van der Waals surface area contributed by atoms with Gasteiger partial charge < -0.3 is 10.0 Å². The molecule has 0 amide bonds. The minimum atomic E-state index is -0.889. The van der Waals surface area contributed by atoms with Crippen LogP contribution in [0, 0.1) is 0 Å². The van der Waals surface area contributed by atoms with Crippen LogP contribution in [0.5, 0.6) is 0 Å². The third kappa shape index (κ3) is 2.93. The van der Waals surface area contributed by atoms with Crippen molar-refractivity contribution in [3.8, 4) is 11.5 Å². The number of hydrogen-bond acceptors (Lipinski definition) is 7. The smallest absolute Gasteiger partial charge is 0.323 e. The number of carbonyl (C=O) groups is 1. The summed E-state index contributed by atoms with van der Waals surface area (Å²) in [5.74, 6) is 0.248. The maximum atomic E-state index is 11.2. The lowest BCUT2D eigenvalue weighted by Gasteiger charge is -2.19. The highest BCUT2D eigenvalue weighted by Gasteiger charge is 2.24. The molecule has 0 bridgehead atoms. The fourth-order valence-electron chi connectivity index (χ4n) is 3.22. The molecule has 1 N–H and O–H groups in total. The average Bonchev–Trinajstić information content (AvgIpc) is 2.99. The highest BCUT2D eigenvalue weighted by molar-refractivity contribution is 7.19. The van der Waals surface area contributed by atoms with Gasteiger partial charge in [0.2, 0.25) is 0 Å². The van der Waals surface area contributed by atoms with E-state index < -0.39 is 5.97 Å². The Balaban J connectivity index is 1.94. The van der Waals surface area contributed by atoms with Gasteiger partial charge in [0, 0.05) is 24.3 Å². The Kier molecular flexibility index (Phi) is 4.04. The number of anilines is 1. The van der Waals surface area contributed by atoms with Gasteiger partial charge in [0.25, 0.3) is 0 Å². The first kappa shape index (κ1) is 15.9. The minimum absolute atomic E-state index is 0.114. The Morgan fingerprint density at radius 2 is 2.12 bits per heavy atom. The predicted molar refractivity (Wildman–Crippen MR) is 96.0 cm³/mol. The molecule has 0 unspecified atom stereocenters. The molecule has 3 aromatic heterocycles. The Morgan fingerprint density at radius 1 is 1.28 bits per heavy atom. The van der Waals surface area contributed by atoms with Gasteiger partial charge in [-0.2, -0.15) is 0 Å². The molecule has 0 aromatic carbocycles. The van der Waals surface area contributed by atoms with Gasteiger partial charge in [-0.15, -0.1) is 11.3 Å². The monoisotopic (exact) mass is 355 g/mol. The SMILES string of the molecule is CN(CC(=O)O)c1nc(-c2cnccn2)nc2sc3c(c12)CCCC3. The zero-order valence-electron chi connectivity index (χ0n) is 13.8. The van der Waals surface area contributed by atoms with Crippen LogP contribution in [-0.4, -0.2) is 44.6 Å². The van der Waals surface area contributed by atoms with E-state index in [1.54, 1.807) is 41.9 Å². The molecule has 8 heteroatoms. The van der Waals surface area contributed by atoms with E-state index in [2.05, 4.69) is 15.0 Å². The lowest BCUT2D eigenvalue weighted by Crippen LogP contribution is -2.26. The van der Waals surface area contributed by atoms with Crippen molar-refractivity contribution in [2.75, 3.05) is 18.5 Å². The largest absolute Gasteiger partial charge is 0.480 e. The van der Waals surface area contributed by atoms with Crippen molar-refractivity contribution in [1.29, 1.82) is 0 Å². The Bertz CT molecular complexity index is 941. The molecular weight excluding hydrogens is 338 g/mol. The summed E-state index contributed by atoms with van der Waals surface area (Å²) >= 11 is 1.69. The fraction of sp³-hybridized carbons (Fsp3) is 0.353. The molecule has 0 saturated heterocycles. The molecule has 3 heterocycles. The molecule has 0 aliphatic heterocycles. The van der Waals surface area contributed by atoms with Gasteiger partial charge in [-0.25, -0.2) is 15.0 Å². The third-order valence-electron chi connectivity index (χ3n) is 4.32. The van der Waals surface area contributed by atoms with Crippen LogP contribution in [0.15, 0.2) is 18.6 Å². The van der Waals surface area contributed by atoms with Gasteiger partial charge in [-0.05, 0) is 31.2 Å². The number of thiophene rings is 1. The van der Waals surface area contributed by atoms with Gasteiger partial charge in [0.05, 0.1) is 11.6 Å². The van der Waals surface area contributed by atoms with Crippen molar-refractivity contribution in [2.45, 2.75) is 25.7 Å². The summed E-state index contributed by atoms with van der Waals surface area (Å²) in [5, 5.41) is 10.2. The van der Waals surface area contributed by atoms with Gasteiger partial charge in [-0.3, -0.25) is 9.78 Å². The predicted octanol–water partition coefficient (Wildman–Crippen LogP) is 2.55. The van der Waals surface area contributed by atoms with Crippen molar-refractivity contribution in [3.63, 3.8) is 0 Å².